The van der Waals surface area contributed by atoms with Gasteiger partial charge >= 0.3 is 6.18 Å². The molecule has 2 aromatic heterocycles. The van der Waals surface area contributed by atoms with Gasteiger partial charge in [0.25, 0.3) is 0 Å². The predicted molar refractivity (Wildman–Crippen MR) is 131 cm³/mol. The van der Waals surface area contributed by atoms with Gasteiger partial charge in [-0.1, -0.05) is 67.6 Å². The van der Waals surface area contributed by atoms with Crippen molar-refractivity contribution in [3.05, 3.63) is 106 Å². The number of alkyl halides is 3. The van der Waals surface area contributed by atoms with Crippen LogP contribution in [0, 0.1) is 5.92 Å². The van der Waals surface area contributed by atoms with E-state index in [1.807, 2.05) is 69.8 Å². The number of aryl methyl sites for hydroxylation is 1. The minimum atomic E-state index is -4.27. The van der Waals surface area contributed by atoms with Gasteiger partial charge in [0, 0.05) is 36.6 Å². The molecule has 2 atom stereocenters. The summed E-state index contributed by atoms with van der Waals surface area (Å²) in [5.41, 5.74) is 2.50. The van der Waals surface area contributed by atoms with Gasteiger partial charge in [-0.15, -0.1) is 0 Å². The molecule has 36 heavy (non-hydrogen) atoms. The summed E-state index contributed by atoms with van der Waals surface area (Å²) in [5, 5.41) is 10.8. The maximum Gasteiger partial charge on any atom is 0.391 e. The number of benzene rings is 2. The molecule has 1 aliphatic heterocycles. The SMILES string of the molecule is C[C@@H](CCc1cnc2n1C[C@H](C(c1ccccc1)c1ccccc1)n1ccc(=O)c(O)c1-2)C(F)(F)F. The third kappa shape index (κ3) is 4.32. The lowest BCUT2D eigenvalue weighted by Gasteiger charge is -2.36. The third-order valence-corrected chi connectivity index (χ3v) is 7.07. The molecule has 0 amide bonds. The molecule has 0 aliphatic carbocycles. The number of pyridine rings is 1. The van der Waals surface area contributed by atoms with Crippen molar-refractivity contribution in [2.24, 2.45) is 5.92 Å². The molecule has 0 unspecified atom stereocenters. The van der Waals surface area contributed by atoms with Crippen molar-refractivity contribution < 1.29 is 18.3 Å². The highest BCUT2D eigenvalue weighted by molar-refractivity contribution is 5.62. The Kier molecular flexibility index (Phi) is 6.20. The number of aromatic nitrogens is 3. The lowest BCUT2D eigenvalue weighted by molar-refractivity contribution is -0.171. The number of halogens is 3. The van der Waals surface area contributed by atoms with Crippen LogP contribution in [0.2, 0.25) is 0 Å². The first-order valence-corrected chi connectivity index (χ1v) is 11.9. The van der Waals surface area contributed by atoms with Crippen molar-refractivity contribution in [1.29, 1.82) is 0 Å². The fourth-order valence-electron chi connectivity index (χ4n) is 5.07. The third-order valence-electron chi connectivity index (χ3n) is 7.07. The van der Waals surface area contributed by atoms with Crippen LogP contribution < -0.4 is 5.43 Å². The second-order valence-corrected chi connectivity index (χ2v) is 9.32. The molecule has 0 bridgehead atoms. The average molecular weight is 494 g/mol. The van der Waals surface area contributed by atoms with E-state index in [-0.39, 0.29) is 30.5 Å². The van der Waals surface area contributed by atoms with Gasteiger partial charge in [-0.2, -0.15) is 13.2 Å². The van der Waals surface area contributed by atoms with Gasteiger partial charge in [0.15, 0.2) is 11.6 Å². The lowest BCUT2D eigenvalue weighted by Crippen LogP contribution is -2.31. The summed E-state index contributed by atoms with van der Waals surface area (Å²) in [6.07, 6.45) is -0.933. The van der Waals surface area contributed by atoms with Crippen LogP contribution in [0.25, 0.3) is 11.5 Å². The van der Waals surface area contributed by atoms with Gasteiger partial charge in [-0.3, -0.25) is 4.79 Å². The number of fused-ring (bicyclic) bond motifs is 3. The quantitative estimate of drug-likeness (QED) is 0.362. The standard InChI is InChI=1S/C28H26F3N3O2/c1-18(28(29,30)31)12-13-21-16-32-27-25-26(36)23(35)14-15-33(25)22(17-34(21)27)24(19-8-4-2-5-9-19)20-10-6-3-7-11-20/h2-11,14-16,18,22,24,36H,12-13,17H2,1H3/t18-,22+/m0/s1. The molecule has 8 heteroatoms. The van der Waals surface area contributed by atoms with Crippen LogP contribution in [0.1, 0.15) is 42.1 Å². The number of nitrogens with zero attached hydrogens (tertiary/aromatic N) is 3. The number of rotatable bonds is 6. The topological polar surface area (TPSA) is 60.0 Å². The first-order chi connectivity index (χ1) is 17.3. The lowest BCUT2D eigenvalue weighted by atomic mass is 9.83. The minimum absolute atomic E-state index is 0.0757. The Labute approximate surface area is 206 Å². The highest BCUT2D eigenvalue weighted by Gasteiger charge is 2.37. The molecule has 0 saturated carbocycles. The van der Waals surface area contributed by atoms with Gasteiger partial charge in [0.05, 0.1) is 12.0 Å². The first kappa shape index (κ1) is 23.9. The molecule has 0 spiro atoms. The van der Waals surface area contributed by atoms with Gasteiger partial charge in [-0.05, 0) is 24.0 Å². The number of imidazole rings is 1. The van der Waals surface area contributed by atoms with E-state index >= 15 is 0 Å². The van der Waals surface area contributed by atoms with Gasteiger partial charge in [-0.25, -0.2) is 4.98 Å². The summed E-state index contributed by atoms with van der Waals surface area (Å²) in [6.45, 7) is 1.60. The normalized spacial score (nSPS) is 16.0. The fraction of sp³-hybridized carbons (Fsp3) is 0.286. The monoisotopic (exact) mass is 493 g/mol. The van der Waals surface area contributed by atoms with E-state index < -0.39 is 23.3 Å². The zero-order chi connectivity index (χ0) is 25.4. The van der Waals surface area contributed by atoms with Gasteiger partial charge in [0.2, 0.25) is 5.43 Å². The second kappa shape index (κ2) is 9.33. The Hall–Kier alpha value is -3.81. The van der Waals surface area contributed by atoms with Crippen LogP contribution in [-0.2, 0) is 13.0 Å². The van der Waals surface area contributed by atoms with E-state index in [2.05, 4.69) is 4.98 Å². The zero-order valence-corrected chi connectivity index (χ0v) is 19.7. The van der Waals surface area contributed by atoms with E-state index in [4.69, 9.17) is 0 Å². The largest absolute Gasteiger partial charge is 0.503 e. The first-order valence-electron chi connectivity index (χ1n) is 11.9. The fourth-order valence-corrected chi connectivity index (χ4v) is 5.07. The van der Waals surface area contributed by atoms with Crippen LogP contribution in [0.15, 0.2) is 83.9 Å². The summed E-state index contributed by atoms with van der Waals surface area (Å²) in [6, 6.07) is 21.0. The Morgan fingerprint density at radius 3 is 2.22 bits per heavy atom. The van der Waals surface area contributed by atoms with E-state index in [9.17, 15) is 23.1 Å². The van der Waals surface area contributed by atoms with Crippen LogP contribution in [0.3, 0.4) is 0 Å². The van der Waals surface area contributed by atoms with E-state index in [0.29, 0.717) is 18.1 Å². The number of hydrogen-bond donors (Lipinski definition) is 1. The molecule has 0 radical (unpaired) electrons. The maximum absolute atomic E-state index is 13.2. The Bertz CT molecular complexity index is 1370. The highest BCUT2D eigenvalue weighted by Crippen LogP contribution is 2.43. The van der Waals surface area contributed by atoms with E-state index in [1.54, 1.807) is 12.4 Å². The molecule has 5 nitrogen and oxygen atoms in total. The predicted octanol–water partition coefficient (Wildman–Crippen LogP) is 5.94. The van der Waals surface area contributed by atoms with Crippen molar-refractivity contribution >= 4 is 0 Å². The molecule has 186 valence electrons. The van der Waals surface area contributed by atoms with Gasteiger partial charge in [0.1, 0.15) is 5.69 Å². The molecular formula is C28H26F3N3O2. The number of hydrogen-bond acceptors (Lipinski definition) is 3. The molecule has 1 aliphatic rings. The van der Waals surface area contributed by atoms with Gasteiger partial charge < -0.3 is 14.2 Å². The molecular weight excluding hydrogens is 467 g/mol. The highest BCUT2D eigenvalue weighted by atomic mass is 19.4. The van der Waals surface area contributed by atoms with Crippen LogP contribution >= 0.6 is 0 Å². The van der Waals surface area contributed by atoms with Crippen LogP contribution in [0.5, 0.6) is 5.75 Å². The zero-order valence-electron chi connectivity index (χ0n) is 19.7. The Balaban J connectivity index is 1.64. The molecule has 0 fully saturated rings. The summed E-state index contributed by atoms with van der Waals surface area (Å²) < 4.78 is 43.2. The second-order valence-electron chi connectivity index (χ2n) is 9.32. The summed E-state index contributed by atoms with van der Waals surface area (Å²) in [7, 11) is 0. The molecule has 1 N–H and O–H groups in total. The van der Waals surface area contributed by atoms with Crippen LogP contribution in [0.4, 0.5) is 13.2 Å². The maximum atomic E-state index is 13.2. The average Bonchev–Trinajstić information content (AvgIpc) is 3.28. The van der Waals surface area contributed by atoms with E-state index in [0.717, 1.165) is 11.1 Å². The molecule has 4 aromatic rings. The Morgan fingerprint density at radius 2 is 1.64 bits per heavy atom. The smallest absolute Gasteiger partial charge is 0.391 e. The summed E-state index contributed by atoms with van der Waals surface area (Å²) >= 11 is 0. The van der Waals surface area contributed by atoms with Crippen molar-refractivity contribution in [2.75, 3.05) is 0 Å². The number of aromatic hydroxyl groups is 1. The van der Waals surface area contributed by atoms with Crippen molar-refractivity contribution in [3.63, 3.8) is 0 Å². The Morgan fingerprint density at radius 1 is 1.03 bits per heavy atom. The molecule has 0 saturated heterocycles. The summed E-state index contributed by atoms with van der Waals surface area (Å²) in [4.78, 5) is 16.9. The van der Waals surface area contributed by atoms with Crippen molar-refractivity contribution in [1.82, 2.24) is 14.1 Å². The van der Waals surface area contributed by atoms with E-state index in [1.165, 1.54) is 13.0 Å². The molecule has 5 rings (SSSR count). The van der Waals surface area contributed by atoms with Crippen molar-refractivity contribution in [3.8, 4) is 17.3 Å². The molecule has 2 aromatic carbocycles. The molecule has 3 heterocycles. The minimum Gasteiger partial charge on any atom is -0.503 e. The van der Waals surface area contributed by atoms with Crippen molar-refractivity contribution in [2.45, 2.75) is 44.4 Å². The van der Waals surface area contributed by atoms with Crippen LogP contribution in [-0.4, -0.2) is 25.4 Å². The summed E-state index contributed by atoms with van der Waals surface area (Å²) in [5.74, 6) is -1.63.